The summed E-state index contributed by atoms with van der Waals surface area (Å²) in [7, 11) is 0. The van der Waals surface area contributed by atoms with E-state index in [1.165, 1.54) is 11.3 Å². The SMILES string of the molecule is O=C(Nc1ccc(C2(C(=O)NCc3ccccc3)CC2)cc1)c1cccs1. The lowest BCUT2D eigenvalue weighted by atomic mass is 9.94. The number of hydrogen-bond acceptors (Lipinski definition) is 3. The molecule has 2 aromatic carbocycles. The topological polar surface area (TPSA) is 58.2 Å². The van der Waals surface area contributed by atoms with Crippen LogP contribution in [0.2, 0.25) is 0 Å². The summed E-state index contributed by atoms with van der Waals surface area (Å²) in [6.45, 7) is 0.538. The van der Waals surface area contributed by atoms with Gasteiger partial charge in [-0.15, -0.1) is 11.3 Å². The van der Waals surface area contributed by atoms with E-state index in [1.807, 2.05) is 66.0 Å². The van der Waals surface area contributed by atoms with Crippen molar-refractivity contribution in [3.8, 4) is 0 Å². The van der Waals surface area contributed by atoms with Gasteiger partial charge < -0.3 is 10.6 Å². The number of benzene rings is 2. The van der Waals surface area contributed by atoms with Gasteiger partial charge in [0, 0.05) is 12.2 Å². The van der Waals surface area contributed by atoms with Gasteiger partial charge in [0.2, 0.25) is 5.91 Å². The third-order valence-electron chi connectivity index (χ3n) is 4.92. The van der Waals surface area contributed by atoms with Gasteiger partial charge in [0.1, 0.15) is 0 Å². The van der Waals surface area contributed by atoms with Crippen molar-refractivity contribution < 1.29 is 9.59 Å². The van der Waals surface area contributed by atoms with Crippen LogP contribution in [0.1, 0.15) is 33.6 Å². The van der Waals surface area contributed by atoms with Gasteiger partial charge in [0.25, 0.3) is 5.91 Å². The van der Waals surface area contributed by atoms with E-state index in [0.29, 0.717) is 11.4 Å². The third kappa shape index (κ3) is 3.78. The van der Waals surface area contributed by atoms with Crippen LogP contribution in [0.15, 0.2) is 72.1 Å². The number of amides is 2. The summed E-state index contributed by atoms with van der Waals surface area (Å²) in [5.74, 6) is -0.0405. The van der Waals surface area contributed by atoms with E-state index in [9.17, 15) is 9.59 Å². The smallest absolute Gasteiger partial charge is 0.265 e. The Morgan fingerprint density at radius 3 is 2.30 bits per heavy atom. The molecule has 2 amide bonds. The fourth-order valence-electron chi connectivity index (χ4n) is 3.19. The van der Waals surface area contributed by atoms with E-state index in [0.717, 1.165) is 29.7 Å². The van der Waals surface area contributed by atoms with Crippen molar-refractivity contribution in [2.45, 2.75) is 24.8 Å². The molecule has 1 aliphatic rings. The molecule has 0 spiro atoms. The first-order valence-electron chi connectivity index (χ1n) is 8.95. The third-order valence-corrected chi connectivity index (χ3v) is 5.79. The Morgan fingerprint density at radius 2 is 1.67 bits per heavy atom. The molecular weight excluding hydrogens is 356 g/mol. The number of hydrogen-bond donors (Lipinski definition) is 2. The van der Waals surface area contributed by atoms with Gasteiger partial charge in [-0.3, -0.25) is 9.59 Å². The van der Waals surface area contributed by atoms with Crippen LogP contribution in [-0.2, 0) is 16.8 Å². The number of nitrogens with one attached hydrogen (secondary N) is 2. The zero-order chi connectivity index (χ0) is 18.7. The quantitative estimate of drug-likeness (QED) is 0.672. The first-order chi connectivity index (χ1) is 13.2. The minimum atomic E-state index is -0.426. The molecule has 4 rings (SSSR count). The molecular formula is C22H20N2O2S. The van der Waals surface area contributed by atoms with E-state index >= 15 is 0 Å². The second-order valence-corrected chi connectivity index (χ2v) is 7.71. The van der Waals surface area contributed by atoms with Crippen LogP contribution in [0.4, 0.5) is 5.69 Å². The highest BCUT2D eigenvalue weighted by atomic mass is 32.1. The Kier molecular flexibility index (Phi) is 4.77. The normalized spacial score (nSPS) is 14.4. The van der Waals surface area contributed by atoms with E-state index in [4.69, 9.17) is 0 Å². The van der Waals surface area contributed by atoms with Gasteiger partial charge in [0.05, 0.1) is 10.3 Å². The number of carbonyl (C=O) groups is 2. The largest absolute Gasteiger partial charge is 0.351 e. The summed E-state index contributed by atoms with van der Waals surface area (Å²) >= 11 is 1.41. The van der Waals surface area contributed by atoms with Crippen LogP contribution >= 0.6 is 11.3 Å². The Morgan fingerprint density at radius 1 is 0.926 bits per heavy atom. The van der Waals surface area contributed by atoms with Crippen molar-refractivity contribution in [1.82, 2.24) is 5.32 Å². The maximum absolute atomic E-state index is 12.7. The standard InChI is InChI=1S/C22H20N2O2S/c25-20(19-7-4-14-27-19)24-18-10-8-17(9-11-18)22(12-13-22)21(26)23-15-16-5-2-1-3-6-16/h1-11,14H,12-13,15H2,(H,23,26)(H,24,25). The molecule has 0 atom stereocenters. The van der Waals surface area contributed by atoms with E-state index in [2.05, 4.69) is 10.6 Å². The van der Waals surface area contributed by atoms with Crippen molar-refractivity contribution in [1.29, 1.82) is 0 Å². The van der Waals surface area contributed by atoms with Crippen LogP contribution in [-0.4, -0.2) is 11.8 Å². The number of thiophene rings is 1. The lowest BCUT2D eigenvalue weighted by Crippen LogP contribution is -2.34. The van der Waals surface area contributed by atoms with Crippen LogP contribution in [0.5, 0.6) is 0 Å². The van der Waals surface area contributed by atoms with Gasteiger partial charge in [-0.25, -0.2) is 0 Å². The van der Waals surface area contributed by atoms with Crippen LogP contribution < -0.4 is 10.6 Å². The van der Waals surface area contributed by atoms with E-state index in [-0.39, 0.29) is 11.8 Å². The monoisotopic (exact) mass is 376 g/mol. The maximum atomic E-state index is 12.7. The maximum Gasteiger partial charge on any atom is 0.265 e. The lowest BCUT2D eigenvalue weighted by molar-refractivity contribution is -0.123. The van der Waals surface area contributed by atoms with Gasteiger partial charge in [-0.05, 0) is 47.5 Å². The van der Waals surface area contributed by atoms with Gasteiger partial charge >= 0.3 is 0 Å². The fourth-order valence-corrected chi connectivity index (χ4v) is 3.81. The highest BCUT2D eigenvalue weighted by Gasteiger charge is 2.51. The average Bonchev–Trinajstić information content (AvgIpc) is 3.33. The molecule has 136 valence electrons. The van der Waals surface area contributed by atoms with E-state index in [1.54, 1.807) is 6.07 Å². The Labute approximate surface area is 162 Å². The zero-order valence-corrected chi connectivity index (χ0v) is 15.6. The van der Waals surface area contributed by atoms with Gasteiger partial charge in [-0.1, -0.05) is 48.5 Å². The van der Waals surface area contributed by atoms with Crippen molar-refractivity contribution in [2.24, 2.45) is 0 Å². The molecule has 1 saturated carbocycles. The lowest BCUT2D eigenvalue weighted by Gasteiger charge is -2.16. The van der Waals surface area contributed by atoms with Crippen LogP contribution in [0.3, 0.4) is 0 Å². The molecule has 5 heteroatoms. The van der Waals surface area contributed by atoms with Crippen molar-refractivity contribution >= 4 is 28.8 Å². The summed E-state index contributed by atoms with van der Waals surface area (Å²) < 4.78 is 0. The predicted molar refractivity (Wildman–Crippen MR) is 108 cm³/mol. The average molecular weight is 376 g/mol. The molecule has 0 saturated heterocycles. The molecule has 4 nitrogen and oxygen atoms in total. The molecule has 0 aliphatic heterocycles. The molecule has 0 unspecified atom stereocenters. The molecule has 0 bridgehead atoms. The molecule has 3 aromatic rings. The highest BCUT2D eigenvalue weighted by Crippen LogP contribution is 2.48. The molecule has 1 aromatic heterocycles. The Hall–Kier alpha value is -2.92. The van der Waals surface area contributed by atoms with Crippen LogP contribution in [0, 0.1) is 0 Å². The summed E-state index contributed by atoms with van der Waals surface area (Å²) in [5.41, 5.74) is 2.40. The first kappa shape index (κ1) is 17.5. The summed E-state index contributed by atoms with van der Waals surface area (Å²) in [6, 6.07) is 21.2. The molecule has 1 aliphatic carbocycles. The highest BCUT2D eigenvalue weighted by molar-refractivity contribution is 7.12. The molecule has 0 radical (unpaired) electrons. The van der Waals surface area contributed by atoms with Crippen molar-refractivity contribution in [3.05, 3.63) is 88.1 Å². The molecule has 1 fully saturated rings. The van der Waals surface area contributed by atoms with Crippen molar-refractivity contribution in [3.63, 3.8) is 0 Å². The van der Waals surface area contributed by atoms with Crippen molar-refractivity contribution in [2.75, 3.05) is 5.32 Å². The predicted octanol–water partition coefficient (Wildman–Crippen LogP) is 4.35. The number of carbonyl (C=O) groups excluding carboxylic acids is 2. The van der Waals surface area contributed by atoms with Crippen LogP contribution in [0.25, 0.3) is 0 Å². The number of rotatable bonds is 6. The summed E-state index contributed by atoms with van der Waals surface area (Å²) in [4.78, 5) is 25.6. The minimum absolute atomic E-state index is 0.0710. The van der Waals surface area contributed by atoms with Gasteiger partial charge in [0.15, 0.2) is 0 Å². The molecule has 27 heavy (non-hydrogen) atoms. The Balaban J connectivity index is 1.40. The second kappa shape index (κ2) is 7.37. The van der Waals surface area contributed by atoms with E-state index < -0.39 is 5.41 Å². The molecule has 2 N–H and O–H groups in total. The summed E-state index contributed by atoms with van der Waals surface area (Å²) in [5, 5.41) is 7.83. The fraction of sp³-hybridized carbons (Fsp3) is 0.182. The minimum Gasteiger partial charge on any atom is -0.351 e. The summed E-state index contributed by atoms with van der Waals surface area (Å²) in [6.07, 6.45) is 1.71. The second-order valence-electron chi connectivity index (χ2n) is 6.76. The first-order valence-corrected chi connectivity index (χ1v) is 9.83. The zero-order valence-electron chi connectivity index (χ0n) is 14.8. The number of anilines is 1. The Bertz CT molecular complexity index is 930. The molecule has 1 heterocycles. The van der Waals surface area contributed by atoms with Gasteiger partial charge in [-0.2, -0.15) is 0 Å².